The second-order valence-corrected chi connectivity index (χ2v) is 16.5. The molecule has 6 heterocycles. The summed E-state index contributed by atoms with van der Waals surface area (Å²) in [5.41, 5.74) is 11.0. The summed E-state index contributed by atoms with van der Waals surface area (Å²) in [4.78, 5) is 31.6. The van der Waals surface area contributed by atoms with Crippen molar-refractivity contribution in [3.8, 4) is 68.3 Å². The molecular weight excluding hydrogens is 1070 g/mol. The van der Waals surface area contributed by atoms with Crippen molar-refractivity contribution in [2.45, 2.75) is 27.1 Å². The number of aromatic nitrogens is 24. The zero-order chi connectivity index (χ0) is 58.4. The standard InChI is InChI=1S/C9H10N4O2.2C9H8N4O2.C9H10N4O.2C8H8N4/c1-14-15-6-7-2-4-8(5-3-7)9-10-12-13-11-9;2*1-15-9(14)7-4-2-6(3-5-7)8-10-12-13-11-8;1-14-6-7-2-4-8(5-3-7)9-10-12-13-11-9;2*1-6-2-4-7(5-3-6)8-9-11-12-10-8/h2-5H,6H2,1H3,(H,10,11,12,13);2*2-5H,1H3,(H,10,11,12,13);2-5H,6H2,1H3,(H,10,11,12,13);2*2-5H,1H3,(H,9,10,11,12). The highest BCUT2D eigenvalue weighted by molar-refractivity contribution is 5.90. The van der Waals surface area contributed by atoms with Crippen LogP contribution in [0.4, 0.5) is 0 Å². The maximum Gasteiger partial charge on any atom is 0.337 e. The average molecular weight is 1130 g/mol. The summed E-state index contributed by atoms with van der Waals surface area (Å²) in [6, 6.07) is 45.0. The number of nitrogens with zero attached hydrogens (tertiary/aromatic N) is 18. The van der Waals surface area contributed by atoms with E-state index in [1.165, 1.54) is 32.5 Å². The number of benzene rings is 6. The van der Waals surface area contributed by atoms with Gasteiger partial charge < -0.3 is 14.2 Å². The molecule has 422 valence electrons. The summed E-state index contributed by atoms with van der Waals surface area (Å²) in [5, 5.41) is 81.5. The highest BCUT2D eigenvalue weighted by atomic mass is 17.2. The Labute approximate surface area is 470 Å². The number of esters is 2. The van der Waals surface area contributed by atoms with Crippen molar-refractivity contribution in [3.63, 3.8) is 0 Å². The molecule has 0 spiro atoms. The molecule has 12 rings (SSSR count). The van der Waals surface area contributed by atoms with Crippen LogP contribution in [0.3, 0.4) is 0 Å². The molecule has 0 fully saturated rings. The molecule has 0 aliphatic rings. The maximum atomic E-state index is 11.1. The Morgan fingerprint density at radius 2 is 0.578 bits per heavy atom. The summed E-state index contributed by atoms with van der Waals surface area (Å²) in [7, 11) is 5.84. The molecule has 0 aliphatic carbocycles. The van der Waals surface area contributed by atoms with Gasteiger partial charge in [0.25, 0.3) is 0 Å². The minimum Gasteiger partial charge on any atom is -0.465 e. The SMILES string of the molecule is COC(=O)c1ccc(-c2nn[nH]n2)cc1.COC(=O)c1ccc(-c2nn[nH]n2)cc1.COCc1ccc(-c2nn[nH]n2)cc1.COOCc1ccc(-c2nn[nH]n2)cc1.Cc1ccc(-c2nn[nH]n2)cc1.Cc1ccc(-c2nn[nH]n2)cc1. The largest absolute Gasteiger partial charge is 0.465 e. The summed E-state index contributed by atoms with van der Waals surface area (Å²) in [6.07, 6.45) is 0. The predicted octanol–water partition coefficient (Wildman–Crippen LogP) is 5.61. The van der Waals surface area contributed by atoms with E-state index in [9.17, 15) is 9.59 Å². The smallest absolute Gasteiger partial charge is 0.337 e. The second kappa shape index (κ2) is 31.8. The van der Waals surface area contributed by atoms with E-state index in [0.717, 1.165) is 44.5 Å². The van der Waals surface area contributed by atoms with E-state index in [1.54, 1.807) is 55.6 Å². The van der Waals surface area contributed by atoms with Gasteiger partial charge in [-0.05, 0) is 80.5 Å². The number of hydrogen-bond donors (Lipinski definition) is 6. The van der Waals surface area contributed by atoms with Crippen molar-refractivity contribution < 1.29 is 33.6 Å². The van der Waals surface area contributed by atoms with E-state index >= 15 is 0 Å². The fraction of sp³-hybridized carbons (Fsp3) is 0.154. The number of aromatic amines is 6. The number of methoxy groups -OCH3 is 3. The van der Waals surface area contributed by atoms with Crippen LogP contribution < -0.4 is 0 Å². The van der Waals surface area contributed by atoms with Gasteiger partial charge in [0.2, 0.25) is 34.9 Å². The molecule has 6 aromatic heterocycles. The van der Waals surface area contributed by atoms with Crippen LogP contribution in [0.2, 0.25) is 0 Å². The number of ether oxygens (including phenoxy) is 3. The van der Waals surface area contributed by atoms with Crippen molar-refractivity contribution in [2.75, 3.05) is 28.4 Å². The van der Waals surface area contributed by atoms with E-state index in [1.807, 2.05) is 111 Å². The topological polar surface area (TPSA) is 407 Å². The van der Waals surface area contributed by atoms with Gasteiger partial charge in [0.1, 0.15) is 6.61 Å². The molecule has 0 atom stereocenters. The third-order valence-corrected chi connectivity index (χ3v) is 10.9. The molecule has 0 bridgehead atoms. The number of carbonyl (C=O) groups excluding carboxylic acids is 2. The second-order valence-electron chi connectivity index (χ2n) is 16.5. The first-order valence-corrected chi connectivity index (χ1v) is 24.4. The van der Waals surface area contributed by atoms with Crippen LogP contribution in [0.25, 0.3) is 68.3 Å². The van der Waals surface area contributed by atoms with E-state index in [4.69, 9.17) is 9.62 Å². The molecule has 31 heteroatoms. The van der Waals surface area contributed by atoms with Gasteiger partial charge in [-0.1, -0.05) is 132 Å². The molecule has 0 radical (unpaired) electrons. The number of carbonyl (C=O) groups is 2. The van der Waals surface area contributed by atoms with Crippen LogP contribution in [0.1, 0.15) is 43.0 Å². The number of H-pyrrole nitrogens is 6. The Morgan fingerprint density at radius 3 is 0.795 bits per heavy atom. The highest BCUT2D eigenvalue weighted by Crippen LogP contribution is 2.19. The van der Waals surface area contributed by atoms with Crippen molar-refractivity contribution in [1.82, 2.24) is 124 Å². The lowest BCUT2D eigenvalue weighted by Crippen LogP contribution is -2.00. The third-order valence-electron chi connectivity index (χ3n) is 10.9. The highest BCUT2D eigenvalue weighted by Gasteiger charge is 2.10. The van der Waals surface area contributed by atoms with E-state index in [-0.39, 0.29) is 11.9 Å². The van der Waals surface area contributed by atoms with Crippen LogP contribution in [-0.4, -0.2) is 164 Å². The molecule has 83 heavy (non-hydrogen) atoms. The molecule has 0 amide bonds. The first-order valence-electron chi connectivity index (χ1n) is 24.4. The summed E-state index contributed by atoms with van der Waals surface area (Å²) < 4.78 is 14.2. The van der Waals surface area contributed by atoms with Crippen LogP contribution in [0, 0.1) is 13.8 Å². The minimum absolute atomic E-state index is 0.366. The van der Waals surface area contributed by atoms with Crippen molar-refractivity contribution >= 4 is 11.9 Å². The minimum atomic E-state index is -0.366. The molecule has 6 N–H and O–H groups in total. The van der Waals surface area contributed by atoms with Gasteiger partial charge >= 0.3 is 11.9 Å². The lowest BCUT2D eigenvalue weighted by Gasteiger charge is -2.00. The van der Waals surface area contributed by atoms with Gasteiger partial charge in [-0.15, -0.1) is 61.2 Å². The average Bonchev–Trinajstić information content (AvgIpc) is 4.42. The van der Waals surface area contributed by atoms with Crippen molar-refractivity contribution in [1.29, 1.82) is 0 Å². The molecule has 0 saturated heterocycles. The van der Waals surface area contributed by atoms with Crippen LogP contribution >= 0.6 is 0 Å². The van der Waals surface area contributed by atoms with Gasteiger partial charge in [0, 0.05) is 40.5 Å². The van der Waals surface area contributed by atoms with E-state index in [2.05, 4.69) is 138 Å². The lowest BCUT2D eigenvalue weighted by molar-refractivity contribution is -0.282. The molecule has 0 unspecified atom stereocenters. The monoisotopic (exact) mass is 1120 g/mol. The first-order chi connectivity index (χ1) is 40.6. The Bertz CT molecular complexity index is 3490. The molecular formula is C52H52N24O7. The summed E-state index contributed by atoms with van der Waals surface area (Å²) >= 11 is 0. The van der Waals surface area contributed by atoms with Crippen LogP contribution in [0.5, 0.6) is 0 Å². The van der Waals surface area contributed by atoms with E-state index in [0.29, 0.717) is 59.3 Å². The quantitative estimate of drug-likeness (QED) is 0.0463. The maximum absolute atomic E-state index is 11.1. The number of tetrazole rings is 6. The molecule has 0 aliphatic heterocycles. The fourth-order valence-electron chi connectivity index (χ4n) is 6.65. The Balaban J connectivity index is 0.000000143. The Hall–Kier alpha value is -11.4. The Morgan fingerprint density at radius 1 is 0.337 bits per heavy atom. The molecule has 0 saturated carbocycles. The number of aryl methyl sites for hydroxylation is 2. The zero-order valence-corrected chi connectivity index (χ0v) is 45.2. The van der Waals surface area contributed by atoms with Crippen molar-refractivity contribution in [3.05, 3.63) is 179 Å². The van der Waals surface area contributed by atoms with Gasteiger partial charge in [-0.3, -0.25) is 0 Å². The summed E-state index contributed by atoms with van der Waals surface area (Å²) in [6.45, 7) is 5.12. The fourth-order valence-corrected chi connectivity index (χ4v) is 6.65. The normalized spacial score (nSPS) is 10.1. The number of rotatable bonds is 13. The van der Waals surface area contributed by atoms with Gasteiger partial charge in [0.15, 0.2) is 0 Å². The molecule has 6 aromatic carbocycles. The molecule has 12 aromatic rings. The number of hydrogen-bond acceptors (Lipinski definition) is 25. The number of nitrogens with one attached hydrogen (secondary N) is 6. The molecule has 31 nitrogen and oxygen atoms in total. The third kappa shape index (κ3) is 18.6. The lowest BCUT2D eigenvalue weighted by atomic mass is 10.1. The van der Waals surface area contributed by atoms with Crippen LogP contribution in [-0.2, 0) is 37.2 Å². The van der Waals surface area contributed by atoms with Crippen LogP contribution in [0.15, 0.2) is 146 Å². The van der Waals surface area contributed by atoms with Gasteiger partial charge in [0.05, 0.1) is 39.1 Å². The summed E-state index contributed by atoms with van der Waals surface area (Å²) in [5.74, 6) is 2.70. The Kier molecular flexibility index (Phi) is 22.7. The van der Waals surface area contributed by atoms with Gasteiger partial charge in [-0.25, -0.2) is 19.4 Å². The van der Waals surface area contributed by atoms with Crippen molar-refractivity contribution in [2.24, 2.45) is 0 Å². The van der Waals surface area contributed by atoms with E-state index < -0.39 is 0 Å². The first kappa shape index (κ1) is 59.2. The zero-order valence-electron chi connectivity index (χ0n) is 45.2. The predicted molar refractivity (Wildman–Crippen MR) is 292 cm³/mol. The van der Waals surface area contributed by atoms with Gasteiger partial charge in [-0.2, -0.15) is 31.3 Å².